The predicted octanol–water partition coefficient (Wildman–Crippen LogP) is 2.33. The summed E-state index contributed by atoms with van der Waals surface area (Å²) in [6, 6.07) is 3.25. The molecule has 0 fully saturated rings. The average molecular weight is 324 g/mol. The summed E-state index contributed by atoms with van der Waals surface area (Å²) < 4.78 is 33.2. The summed E-state index contributed by atoms with van der Waals surface area (Å²) in [5.41, 5.74) is -0.370. The van der Waals surface area contributed by atoms with E-state index in [1.54, 1.807) is 0 Å². The molecule has 0 atom stereocenters. The van der Waals surface area contributed by atoms with Crippen molar-refractivity contribution in [2.75, 3.05) is 19.8 Å². The lowest BCUT2D eigenvalue weighted by molar-refractivity contribution is -0.385. The Hall–Kier alpha value is -1.38. The maximum Gasteiger partial charge on any atom is 0.271 e. The van der Waals surface area contributed by atoms with Gasteiger partial charge in [-0.15, -0.1) is 0 Å². The molecule has 1 aromatic carbocycles. The summed E-state index contributed by atoms with van der Waals surface area (Å²) >= 11 is 0. The molecule has 0 bridgehead atoms. The standard InChI is InChI=1S/C11H14ClNO6S/c1-2-18-6-3-7-19-10-5-4-9(13(14)15)8-11(10)20(12,16)17/h4-5,8H,2-3,6-7H2,1H3. The van der Waals surface area contributed by atoms with E-state index in [-0.39, 0.29) is 18.0 Å². The first kappa shape index (κ1) is 16.7. The molecule has 0 heterocycles. The Morgan fingerprint density at radius 1 is 1.35 bits per heavy atom. The van der Waals surface area contributed by atoms with Crippen LogP contribution in [0.2, 0.25) is 0 Å². The lowest BCUT2D eigenvalue weighted by Crippen LogP contribution is -2.05. The van der Waals surface area contributed by atoms with Crippen LogP contribution >= 0.6 is 10.7 Å². The van der Waals surface area contributed by atoms with Gasteiger partial charge in [0.2, 0.25) is 0 Å². The highest BCUT2D eigenvalue weighted by Crippen LogP contribution is 2.30. The van der Waals surface area contributed by atoms with E-state index in [2.05, 4.69) is 0 Å². The molecule has 7 nitrogen and oxygen atoms in total. The van der Waals surface area contributed by atoms with Crippen LogP contribution in [0.3, 0.4) is 0 Å². The second kappa shape index (κ2) is 7.41. The summed E-state index contributed by atoms with van der Waals surface area (Å²) in [5, 5.41) is 10.6. The highest BCUT2D eigenvalue weighted by Gasteiger charge is 2.21. The molecule has 0 aliphatic carbocycles. The molecule has 0 radical (unpaired) electrons. The summed E-state index contributed by atoms with van der Waals surface area (Å²) in [6.07, 6.45) is 0.562. The summed E-state index contributed by atoms with van der Waals surface area (Å²) in [4.78, 5) is 9.52. The minimum atomic E-state index is -4.13. The van der Waals surface area contributed by atoms with E-state index in [1.165, 1.54) is 6.07 Å². The molecular weight excluding hydrogens is 310 g/mol. The van der Waals surface area contributed by atoms with Gasteiger partial charge in [0, 0.05) is 42.4 Å². The molecule has 1 aromatic rings. The van der Waals surface area contributed by atoms with Gasteiger partial charge in [-0.1, -0.05) is 0 Å². The Bertz CT molecular complexity index is 574. The Morgan fingerprint density at radius 3 is 2.60 bits per heavy atom. The van der Waals surface area contributed by atoms with E-state index in [1.807, 2.05) is 6.92 Å². The molecule has 0 spiro atoms. The van der Waals surface area contributed by atoms with Crippen LogP contribution in [0.1, 0.15) is 13.3 Å². The Labute approximate surface area is 121 Å². The fourth-order valence-corrected chi connectivity index (χ4v) is 2.40. The van der Waals surface area contributed by atoms with Crippen molar-refractivity contribution < 1.29 is 22.8 Å². The number of hydrogen-bond acceptors (Lipinski definition) is 6. The molecule has 0 N–H and O–H groups in total. The fraction of sp³-hybridized carbons (Fsp3) is 0.455. The first-order valence-electron chi connectivity index (χ1n) is 5.80. The zero-order valence-electron chi connectivity index (χ0n) is 10.7. The smallest absolute Gasteiger partial charge is 0.271 e. The summed E-state index contributed by atoms with van der Waals surface area (Å²) in [5.74, 6) is -0.0119. The predicted molar refractivity (Wildman–Crippen MR) is 72.7 cm³/mol. The molecule has 0 saturated carbocycles. The molecule has 20 heavy (non-hydrogen) atoms. The SMILES string of the molecule is CCOCCCOc1ccc([N+](=O)[O-])cc1S(=O)(=O)Cl. The maximum absolute atomic E-state index is 11.4. The van der Waals surface area contributed by atoms with Crippen LogP contribution in [-0.2, 0) is 13.8 Å². The maximum atomic E-state index is 11.4. The van der Waals surface area contributed by atoms with Crippen LogP contribution in [0.5, 0.6) is 5.75 Å². The number of benzene rings is 1. The Kier molecular flexibility index (Phi) is 6.18. The summed E-state index contributed by atoms with van der Waals surface area (Å²) in [7, 11) is 1.12. The molecule has 0 aliphatic heterocycles. The third kappa shape index (κ3) is 4.95. The number of hydrogen-bond donors (Lipinski definition) is 0. The second-order valence-electron chi connectivity index (χ2n) is 3.72. The van der Waals surface area contributed by atoms with Gasteiger partial charge in [0.15, 0.2) is 0 Å². The topological polar surface area (TPSA) is 95.7 Å². The van der Waals surface area contributed by atoms with Gasteiger partial charge < -0.3 is 9.47 Å². The van der Waals surface area contributed by atoms with Gasteiger partial charge in [-0.25, -0.2) is 8.42 Å². The summed E-state index contributed by atoms with van der Waals surface area (Å²) in [6.45, 7) is 3.14. The van der Waals surface area contributed by atoms with Crippen molar-refractivity contribution >= 4 is 25.4 Å². The number of nitrogens with zero attached hydrogens (tertiary/aromatic N) is 1. The number of rotatable bonds is 8. The van der Waals surface area contributed by atoms with E-state index >= 15 is 0 Å². The highest BCUT2D eigenvalue weighted by molar-refractivity contribution is 8.13. The molecule has 0 aliphatic rings. The zero-order chi connectivity index (χ0) is 15.2. The van der Waals surface area contributed by atoms with Gasteiger partial charge >= 0.3 is 0 Å². The molecule has 0 amide bonds. The van der Waals surface area contributed by atoms with E-state index in [0.29, 0.717) is 19.6 Å². The number of nitro groups is 1. The Balaban J connectivity index is 2.87. The largest absolute Gasteiger partial charge is 0.492 e. The van der Waals surface area contributed by atoms with Crippen molar-refractivity contribution in [1.29, 1.82) is 0 Å². The molecule has 9 heteroatoms. The molecule has 0 aromatic heterocycles. The van der Waals surface area contributed by atoms with Crippen molar-refractivity contribution in [3.8, 4) is 5.75 Å². The molecular formula is C11H14ClNO6S. The van der Waals surface area contributed by atoms with Crippen LogP contribution in [0.25, 0.3) is 0 Å². The lowest BCUT2D eigenvalue weighted by Gasteiger charge is -2.09. The van der Waals surface area contributed by atoms with Crippen LogP contribution in [0.4, 0.5) is 5.69 Å². The van der Waals surface area contributed by atoms with E-state index < -0.39 is 18.9 Å². The van der Waals surface area contributed by atoms with Gasteiger partial charge in [0.05, 0.1) is 11.5 Å². The monoisotopic (exact) mass is 323 g/mol. The molecule has 0 saturated heterocycles. The number of nitro benzene ring substituents is 1. The van der Waals surface area contributed by atoms with E-state index in [0.717, 1.165) is 12.1 Å². The molecule has 112 valence electrons. The first-order chi connectivity index (χ1) is 9.36. The van der Waals surface area contributed by atoms with Crippen molar-refractivity contribution in [1.82, 2.24) is 0 Å². The van der Waals surface area contributed by atoms with Crippen molar-refractivity contribution in [2.45, 2.75) is 18.2 Å². The van der Waals surface area contributed by atoms with Crippen LogP contribution in [-0.4, -0.2) is 33.2 Å². The van der Waals surface area contributed by atoms with E-state index in [4.69, 9.17) is 20.2 Å². The van der Waals surface area contributed by atoms with Crippen molar-refractivity contribution in [2.24, 2.45) is 0 Å². The van der Waals surface area contributed by atoms with Gasteiger partial charge in [0.1, 0.15) is 10.6 Å². The molecule has 1 rings (SSSR count). The van der Waals surface area contributed by atoms with Gasteiger partial charge in [-0.05, 0) is 13.0 Å². The van der Waals surface area contributed by atoms with E-state index in [9.17, 15) is 18.5 Å². The van der Waals surface area contributed by atoms with Crippen LogP contribution in [0, 0.1) is 10.1 Å². The van der Waals surface area contributed by atoms with Crippen molar-refractivity contribution in [3.05, 3.63) is 28.3 Å². The normalized spacial score (nSPS) is 11.3. The van der Waals surface area contributed by atoms with Gasteiger partial charge in [-0.2, -0.15) is 0 Å². The quantitative estimate of drug-likeness (QED) is 0.315. The number of halogens is 1. The third-order valence-electron chi connectivity index (χ3n) is 2.30. The number of ether oxygens (including phenoxy) is 2. The fourth-order valence-electron chi connectivity index (χ4n) is 1.41. The van der Waals surface area contributed by atoms with Crippen LogP contribution in [0.15, 0.2) is 23.1 Å². The zero-order valence-corrected chi connectivity index (χ0v) is 12.3. The van der Waals surface area contributed by atoms with Crippen molar-refractivity contribution in [3.63, 3.8) is 0 Å². The Morgan fingerprint density at radius 2 is 2.05 bits per heavy atom. The first-order valence-corrected chi connectivity index (χ1v) is 8.11. The minimum Gasteiger partial charge on any atom is -0.492 e. The highest BCUT2D eigenvalue weighted by atomic mass is 35.7. The number of non-ortho nitro benzene ring substituents is 1. The minimum absolute atomic E-state index is 0.0119. The van der Waals surface area contributed by atoms with Crippen LogP contribution < -0.4 is 4.74 Å². The second-order valence-corrected chi connectivity index (χ2v) is 6.26. The molecule has 0 unspecified atom stereocenters. The third-order valence-corrected chi connectivity index (χ3v) is 3.64. The van der Waals surface area contributed by atoms with Gasteiger partial charge in [-0.3, -0.25) is 10.1 Å². The van der Waals surface area contributed by atoms with Gasteiger partial charge in [0.25, 0.3) is 14.7 Å². The average Bonchev–Trinajstić information content (AvgIpc) is 2.37. The lowest BCUT2D eigenvalue weighted by atomic mass is 10.3.